The number of benzene rings is 1. The molecular formula is C18H17Cl2N3O5. The topological polar surface area (TPSA) is 104 Å². The first-order chi connectivity index (χ1) is 13.2. The summed E-state index contributed by atoms with van der Waals surface area (Å²) in [5.74, 6) is -2.99. The first-order valence-corrected chi connectivity index (χ1v) is 9.39. The van der Waals surface area contributed by atoms with E-state index in [9.17, 15) is 24.0 Å². The molecule has 0 bridgehead atoms. The number of hydrogen-bond donors (Lipinski definition) is 1. The van der Waals surface area contributed by atoms with Crippen LogP contribution in [0.1, 0.15) is 29.6 Å². The molecule has 2 fully saturated rings. The molecule has 2 aliphatic rings. The highest BCUT2D eigenvalue weighted by atomic mass is 35.5. The average molecular weight is 426 g/mol. The molecule has 0 atom stereocenters. The molecule has 0 aromatic heterocycles. The fourth-order valence-corrected chi connectivity index (χ4v) is 3.78. The number of carbonyl (C=O) groups excluding carboxylic acids is 5. The van der Waals surface area contributed by atoms with Gasteiger partial charge in [0.2, 0.25) is 0 Å². The van der Waals surface area contributed by atoms with E-state index in [1.165, 1.54) is 17.0 Å². The fraction of sp³-hybridized carbons (Fsp3) is 0.389. The van der Waals surface area contributed by atoms with E-state index in [1.54, 1.807) is 7.05 Å². The minimum absolute atomic E-state index is 0.0520. The monoisotopic (exact) mass is 425 g/mol. The summed E-state index contributed by atoms with van der Waals surface area (Å²) in [7, 11) is 1.56. The molecular weight excluding hydrogens is 409 g/mol. The zero-order valence-corrected chi connectivity index (χ0v) is 16.5. The van der Waals surface area contributed by atoms with Crippen LogP contribution >= 0.6 is 23.2 Å². The predicted octanol–water partition coefficient (Wildman–Crippen LogP) is 3.01. The lowest BCUT2D eigenvalue weighted by molar-refractivity contribution is -0.133. The van der Waals surface area contributed by atoms with Crippen LogP contribution in [0.2, 0.25) is 10.0 Å². The van der Waals surface area contributed by atoms with Gasteiger partial charge in [-0.3, -0.25) is 14.4 Å². The van der Waals surface area contributed by atoms with E-state index < -0.39 is 35.3 Å². The highest BCUT2D eigenvalue weighted by molar-refractivity contribution is 6.43. The number of halogens is 2. The molecule has 1 heterocycles. The minimum Gasteiger partial charge on any atom is -0.326 e. The van der Waals surface area contributed by atoms with Gasteiger partial charge in [-0.15, -0.1) is 0 Å². The summed E-state index contributed by atoms with van der Waals surface area (Å²) in [4.78, 5) is 63.7. The standard InChI is InChI=1S/C18H17Cl2N3O5/c1-22-7-8-23(18(22)28)17(27)21-15-10(19)6-5-9(14(15)20)16(26)13-11(24)3-2-4-12(13)25/h5-6,13H,2-4,7-8H2,1H3,(H,21,27). The summed E-state index contributed by atoms with van der Waals surface area (Å²) in [5, 5.41) is 2.31. The van der Waals surface area contributed by atoms with Gasteiger partial charge in [-0.05, 0) is 18.6 Å². The normalized spacial score (nSPS) is 18.0. The maximum absolute atomic E-state index is 12.8. The van der Waals surface area contributed by atoms with Crippen molar-refractivity contribution in [3.05, 3.63) is 27.7 Å². The first kappa shape index (κ1) is 20.3. The Morgan fingerprint density at radius 3 is 2.29 bits per heavy atom. The maximum Gasteiger partial charge on any atom is 0.330 e. The zero-order valence-electron chi connectivity index (χ0n) is 15.0. The van der Waals surface area contributed by atoms with Crippen LogP contribution in [0, 0.1) is 5.92 Å². The molecule has 1 N–H and O–H groups in total. The molecule has 1 aromatic rings. The summed E-state index contributed by atoms with van der Waals surface area (Å²) in [6, 6.07) is 1.43. The van der Waals surface area contributed by atoms with Gasteiger partial charge in [-0.25, -0.2) is 14.5 Å². The number of ketones is 3. The summed E-state index contributed by atoms with van der Waals surface area (Å²) < 4.78 is 0. The van der Waals surface area contributed by atoms with Gasteiger partial charge in [0.1, 0.15) is 5.92 Å². The number of Topliss-reactive ketones (excluding diaryl/α,β-unsaturated/α-hetero) is 3. The molecule has 4 amide bonds. The highest BCUT2D eigenvalue weighted by Crippen LogP contribution is 2.36. The number of likely N-dealkylation sites (N-methyl/N-ethyl adjacent to an activating group) is 1. The maximum atomic E-state index is 12.8. The van der Waals surface area contributed by atoms with Crippen molar-refractivity contribution in [2.24, 2.45) is 5.92 Å². The highest BCUT2D eigenvalue weighted by Gasteiger charge is 2.38. The predicted molar refractivity (Wildman–Crippen MR) is 102 cm³/mol. The molecule has 1 aliphatic heterocycles. The first-order valence-electron chi connectivity index (χ1n) is 8.63. The van der Waals surface area contributed by atoms with Gasteiger partial charge in [-0.2, -0.15) is 0 Å². The number of imide groups is 1. The van der Waals surface area contributed by atoms with Crippen LogP contribution in [0.25, 0.3) is 0 Å². The molecule has 148 valence electrons. The second-order valence-electron chi connectivity index (χ2n) is 6.65. The molecule has 0 spiro atoms. The zero-order chi connectivity index (χ0) is 20.6. The van der Waals surface area contributed by atoms with Crippen LogP contribution in [0.3, 0.4) is 0 Å². The van der Waals surface area contributed by atoms with Gasteiger partial charge in [0, 0.05) is 38.5 Å². The van der Waals surface area contributed by atoms with Crippen LogP contribution in [-0.2, 0) is 9.59 Å². The van der Waals surface area contributed by atoms with Crippen molar-refractivity contribution in [2.75, 3.05) is 25.5 Å². The Balaban J connectivity index is 1.89. The number of anilines is 1. The van der Waals surface area contributed by atoms with Gasteiger partial charge in [0.25, 0.3) is 0 Å². The van der Waals surface area contributed by atoms with E-state index in [0.717, 1.165) is 4.90 Å². The Kier molecular flexibility index (Phi) is 5.71. The van der Waals surface area contributed by atoms with Gasteiger partial charge >= 0.3 is 12.1 Å². The van der Waals surface area contributed by atoms with E-state index in [4.69, 9.17) is 23.2 Å². The Bertz CT molecular complexity index is 885. The van der Waals surface area contributed by atoms with E-state index in [-0.39, 0.29) is 40.7 Å². The number of urea groups is 2. The molecule has 0 unspecified atom stereocenters. The van der Waals surface area contributed by atoms with Crippen LogP contribution < -0.4 is 5.32 Å². The third-order valence-electron chi connectivity index (χ3n) is 4.80. The van der Waals surface area contributed by atoms with Gasteiger partial charge in [0.15, 0.2) is 17.3 Å². The molecule has 8 nitrogen and oxygen atoms in total. The Morgan fingerprint density at radius 2 is 1.71 bits per heavy atom. The number of rotatable bonds is 3. The van der Waals surface area contributed by atoms with Crippen LogP contribution in [-0.4, -0.2) is 59.3 Å². The number of hydrogen-bond acceptors (Lipinski definition) is 5. The number of amides is 4. The molecule has 0 radical (unpaired) electrons. The number of carbonyl (C=O) groups is 5. The van der Waals surface area contributed by atoms with Crippen LogP contribution in [0.15, 0.2) is 12.1 Å². The van der Waals surface area contributed by atoms with E-state index in [1.807, 2.05) is 0 Å². The van der Waals surface area contributed by atoms with E-state index >= 15 is 0 Å². The second kappa shape index (κ2) is 7.89. The van der Waals surface area contributed by atoms with Crippen molar-refractivity contribution in [1.82, 2.24) is 9.80 Å². The minimum atomic E-state index is -1.38. The average Bonchev–Trinajstić information content (AvgIpc) is 2.97. The van der Waals surface area contributed by atoms with Crippen molar-refractivity contribution in [3.63, 3.8) is 0 Å². The summed E-state index contributed by atoms with van der Waals surface area (Å²) in [5.41, 5.74) is -0.142. The summed E-state index contributed by atoms with van der Waals surface area (Å²) >= 11 is 12.4. The second-order valence-corrected chi connectivity index (χ2v) is 7.44. The van der Waals surface area contributed by atoms with E-state index in [2.05, 4.69) is 5.32 Å². The molecule has 28 heavy (non-hydrogen) atoms. The van der Waals surface area contributed by atoms with Gasteiger partial charge < -0.3 is 10.2 Å². The lowest BCUT2D eigenvalue weighted by atomic mass is 9.81. The fourth-order valence-electron chi connectivity index (χ4n) is 3.22. The van der Waals surface area contributed by atoms with Gasteiger partial charge in [-0.1, -0.05) is 23.2 Å². The van der Waals surface area contributed by atoms with Crippen molar-refractivity contribution >= 4 is 58.3 Å². The Labute approximate surface area is 170 Å². The molecule has 1 aromatic carbocycles. The van der Waals surface area contributed by atoms with Crippen molar-refractivity contribution in [1.29, 1.82) is 0 Å². The van der Waals surface area contributed by atoms with Gasteiger partial charge in [0.05, 0.1) is 15.7 Å². The Hall–Kier alpha value is -2.45. The Morgan fingerprint density at radius 1 is 1.07 bits per heavy atom. The smallest absolute Gasteiger partial charge is 0.326 e. The third-order valence-corrected chi connectivity index (χ3v) is 5.51. The lowest BCUT2D eigenvalue weighted by Crippen LogP contribution is -2.38. The number of nitrogens with one attached hydrogen (secondary N) is 1. The largest absolute Gasteiger partial charge is 0.330 e. The molecule has 1 saturated heterocycles. The lowest BCUT2D eigenvalue weighted by Gasteiger charge is -2.20. The van der Waals surface area contributed by atoms with E-state index in [0.29, 0.717) is 13.0 Å². The van der Waals surface area contributed by atoms with Crippen LogP contribution in [0.5, 0.6) is 0 Å². The van der Waals surface area contributed by atoms with Crippen molar-refractivity contribution < 1.29 is 24.0 Å². The van der Waals surface area contributed by atoms with Crippen LogP contribution in [0.4, 0.5) is 15.3 Å². The molecule has 3 rings (SSSR count). The third kappa shape index (κ3) is 3.62. The summed E-state index contributed by atoms with van der Waals surface area (Å²) in [6.45, 7) is 0.582. The SMILES string of the molecule is CN1CCN(C(=O)Nc2c(Cl)ccc(C(=O)C3C(=O)CCCC3=O)c2Cl)C1=O. The molecule has 1 aliphatic carbocycles. The quantitative estimate of drug-likeness (QED) is 0.591. The number of nitrogens with zero attached hydrogens (tertiary/aromatic N) is 2. The van der Waals surface area contributed by atoms with Crippen molar-refractivity contribution in [2.45, 2.75) is 19.3 Å². The van der Waals surface area contributed by atoms with Crippen molar-refractivity contribution in [3.8, 4) is 0 Å². The summed E-state index contributed by atoms with van der Waals surface area (Å²) in [6.07, 6.45) is 0.735. The molecule has 1 saturated carbocycles. The molecule has 10 heteroatoms.